The number of rotatable bonds is 12. The first kappa shape index (κ1) is 41.9. The van der Waals surface area contributed by atoms with Crippen LogP contribution in [0.1, 0.15) is 66.4 Å². The molecule has 0 aromatic heterocycles. The molecule has 62 heavy (non-hydrogen) atoms. The van der Waals surface area contributed by atoms with Crippen LogP contribution in [0, 0.1) is 13.8 Å². The lowest BCUT2D eigenvalue weighted by Gasteiger charge is -2.16. The minimum atomic E-state index is -0.614. The first-order valence-electron chi connectivity index (χ1n) is 19.6. The van der Waals surface area contributed by atoms with E-state index < -0.39 is 23.8 Å². The molecule has 0 saturated carbocycles. The molecule has 14 nitrogen and oxygen atoms in total. The summed E-state index contributed by atoms with van der Waals surface area (Å²) in [7, 11) is 0. The highest BCUT2D eigenvalue weighted by Crippen LogP contribution is 2.41. The van der Waals surface area contributed by atoms with Gasteiger partial charge in [0, 0.05) is 22.1 Å². The molecule has 0 aliphatic heterocycles. The van der Waals surface area contributed by atoms with Crippen molar-refractivity contribution in [3.8, 4) is 11.5 Å². The number of esters is 2. The van der Waals surface area contributed by atoms with Gasteiger partial charge >= 0.3 is 11.9 Å². The molecule has 0 unspecified atom stereocenters. The Morgan fingerprint density at radius 3 is 1.35 bits per heavy atom. The number of ether oxygens (including phenoxy) is 2. The van der Waals surface area contributed by atoms with Gasteiger partial charge in [-0.05, 0) is 122 Å². The lowest BCUT2D eigenvalue weighted by molar-refractivity contribution is 0.0517. The third-order valence-electron chi connectivity index (χ3n) is 9.80. The Morgan fingerprint density at radius 2 is 0.935 bits per heavy atom. The number of aryl methyl sites for hydroxylation is 2. The molecule has 310 valence electrons. The van der Waals surface area contributed by atoms with E-state index in [-0.39, 0.29) is 47.2 Å². The first-order valence-corrected chi connectivity index (χ1v) is 19.6. The van der Waals surface area contributed by atoms with E-state index in [1.165, 1.54) is 0 Å². The van der Waals surface area contributed by atoms with Crippen molar-refractivity contribution in [2.45, 2.75) is 27.7 Å². The molecule has 7 rings (SSSR count). The largest absolute Gasteiger partial charge is 0.505 e. The Balaban J connectivity index is 1.12. The van der Waals surface area contributed by atoms with E-state index in [0.29, 0.717) is 66.5 Å². The summed E-state index contributed by atoms with van der Waals surface area (Å²) in [4.78, 5) is 51.8. The second kappa shape index (κ2) is 18.3. The Labute approximate surface area is 355 Å². The monoisotopic (exact) mass is 828 g/mol. The van der Waals surface area contributed by atoms with Gasteiger partial charge in [0.1, 0.15) is 11.4 Å². The number of carbonyl (C=O) groups excluding carboxylic acids is 4. The number of carbonyl (C=O) groups is 4. The molecule has 0 aliphatic rings. The summed E-state index contributed by atoms with van der Waals surface area (Å²) in [6.45, 7) is 7.46. The SMILES string of the molecule is CCOC(=O)c1ccc(N=Nc2c(O)c(C(=O)Nc3cc(C)c(NC(=O)c4cc5ccccc5c(N=Nc5ccc(C(=O)OCC)cc5)c4O)c(C)c3)cc3ccccc23)cc1. The topological polar surface area (TPSA) is 201 Å². The van der Waals surface area contributed by atoms with Crippen LogP contribution in [0.25, 0.3) is 21.5 Å². The summed E-state index contributed by atoms with van der Waals surface area (Å²) in [5.41, 5.74) is 3.67. The summed E-state index contributed by atoms with van der Waals surface area (Å²) in [6, 6.07) is 33.4. The van der Waals surface area contributed by atoms with Gasteiger partial charge in [-0.1, -0.05) is 48.5 Å². The average Bonchev–Trinajstić information content (AvgIpc) is 3.27. The van der Waals surface area contributed by atoms with Crippen LogP contribution in [0.15, 0.2) is 142 Å². The number of hydrogen-bond donors (Lipinski definition) is 4. The van der Waals surface area contributed by atoms with E-state index >= 15 is 0 Å². The van der Waals surface area contributed by atoms with Crippen LogP contribution in [-0.2, 0) is 9.47 Å². The molecule has 7 aromatic carbocycles. The van der Waals surface area contributed by atoms with E-state index in [1.807, 2.05) is 0 Å². The number of amides is 2. The molecule has 0 aliphatic carbocycles. The number of aromatic hydroxyl groups is 2. The zero-order valence-corrected chi connectivity index (χ0v) is 34.1. The van der Waals surface area contributed by atoms with E-state index in [2.05, 4.69) is 31.1 Å². The standard InChI is InChI=1S/C48H40N6O8/c1-5-61-47(59)29-15-19-33(20-16-29)51-53-41-36-13-9-7-11-31(36)25-38(43(41)55)45(57)49-35-23-27(3)40(28(4)24-35)50-46(58)39-26-32-12-8-10-14-37(32)42(44(39)56)54-52-34-21-17-30(18-22-34)48(60)62-6-2/h7-26,55-56H,5-6H2,1-4H3,(H,49,57)(H,50,58). The maximum absolute atomic E-state index is 13.9. The molecule has 14 heteroatoms. The van der Waals surface area contributed by atoms with E-state index in [9.17, 15) is 29.4 Å². The van der Waals surface area contributed by atoms with Crippen molar-refractivity contribution in [2.75, 3.05) is 23.8 Å². The van der Waals surface area contributed by atoms with Crippen molar-refractivity contribution in [1.29, 1.82) is 0 Å². The van der Waals surface area contributed by atoms with Gasteiger partial charge in [0.2, 0.25) is 0 Å². The number of hydrogen-bond acceptors (Lipinski definition) is 12. The molecule has 7 aromatic rings. The van der Waals surface area contributed by atoms with Crippen molar-refractivity contribution in [3.63, 3.8) is 0 Å². The molecule has 2 amide bonds. The minimum Gasteiger partial charge on any atom is -0.505 e. The number of nitrogens with zero attached hydrogens (tertiary/aromatic N) is 4. The smallest absolute Gasteiger partial charge is 0.338 e. The van der Waals surface area contributed by atoms with Crippen LogP contribution in [0.4, 0.5) is 34.1 Å². The van der Waals surface area contributed by atoms with E-state index in [4.69, 9.17) is 9.47 Å². The number of phenolic OH excluding ortho intramolecular Hbond substituents is 2. The number of anilines is 2. The Morgan fingerprint density at radius 1 is 0.532 bits per heavy atom. The van der Waals surface area contributed by atoms with Crippen molar-refractivity contribution < 1.29 is 38.9 Å². The van der Waals surface area contributed by atoms with Crippen molar-refractivity contribution in [1.82, 2.24) is 0 Å². The zero-order chi connectivity index (χ0) is 43.9. The second-order valence-electron chi connectivity index (χ2n) is 14.0. The number of fused-ring (bicyclic) bond motifs is 2. The first-order chi connectivity index (χ1) is 29.9. The van der Waals surface area contributed by atoms with E-state index in [1.54, 1.807) is 149 Å². The average molecular weight is 829 g/mol. The summed E-state index contributed by atoms with van der Waals surface area (Å²) in [5, 5.41) is 48.2. The van der Waals surface area contributed by atoms with Crippen LogP contribution in [0.5, 0.6) is 11.5 Å². The van der Waals surface area contributed by atoms with Gasteiger partial charge in [0.05, 0.1) is 46.8 Å². The fourth-order valence-corrected chi connectivity index (χ4v) is 6.77. The highest BCUT2D eigenvalue weighted by atomic mass is 16.5. The summed E-state index contributed by atoms with van der Waals surface area (Å²) in [6.07, 6.45) is 0. The van der Waals surface area contributed by atoms with Crippen molar-refractivity contribution >= 4 is 79.4 Å². The lowest BCUT2D eigenvalue weighted by atomic mass is 10.0. The molecule has 0 atom stereocenters. The van der Waals surface area contributed by atoms with Gasteiger partial charge in [0.15, 0.2) is 11.5 Å². The van der Waals surface area contributed by atoms with Gasteiger partial charge in [0.25, 0.3) is 11.8 Å². The lowest BCUT2D eigenvalue weighted by Crippen LogP contribution is -2.16. The molecule has 0 heterocycles. The molecule has 0 fully saturated rings. The molecule has 4 N–H and O–H groups in total. The van der Waals surface area contributed by atoms with Gasteiger partial charge < -0.3 is 30.3 Å². The molecular formula is C48H40N6O8. The zero-order valence-electron chi connectivity index (χ0n) is 34.1. The van der Waals surface area contributed by atoms with Crippen LogP contribution in [0.3, 0.4) is 0 Å². The number of phenols is 2. The highest BCUT2D eigenvalue weighted by Gasteiger charge is 2.22. The van der Waals surface area contributed by atoms with Gasteiger partial charge in [-0.2, -0.15) is 10.2 Å². The normalized spacial score (nSPS) is 11.3. The van der Waals surface area contributed by atoms with Crippen LogP contribution in [0.2, 0.25) is 0 Å². The van der Waals surface area contributed by atoms with Crippen LogP contribution < -0.4 is 10.6 Å². The predicted octanol–water partition coefficient (Wildman–Crippen LogP) is 11.7. The Hall–Kier alpha value is -8.26. The third-order valence-corrected chi connectivity index (χ3v) is 9.80. The summed E-state index contributed by atoms with van der Waals surface area (Å²) < 4.78 is 10.1. The van der Waals surface area contributed by atoms with E-state index in [0.717, 1.165) is 0 Å². The van der Waals surface area contributed by atoms with Gasteiger partial charge in [-0.25, -0.2) is 9.59 Å². The summed E-state index contributed by atoms with van der Waals surface area (Å²) >= 11 is 0. The predicted molar refractivity (Wildman–Crippen MR) is 236 cm³/mol. The molecule has 0 spiro atoms. The Bertz CT molecular complexity index is 2920. The number of nitrogens with one attached hydrogen (secondary N) is 2. The molecule has 0 saturated heterocycles. The minimum absolute atomic E-state index is 0.0417. The quantitative estimate of drug-likeness (QED) is 0.0688. The maximum Gasteiger partial charge on any atom is 0.338 e. The molecule has 0 bridgehead atoms. The van der Waals surface area contributed by atoms with Crippen molar-refractivity contribution in [2.24, 2.45) is 20.5 Å². The third kappa shape index (κ3) is 8.99. The summed E-state index contributed by atoms with van der Waals surface area (Å²) in [5.74, 6) is -2.91. The van der Waals surface area contributed by atoms with Crippen molar-refractivity contribution in [3.05, 3.63) is 155 Å². The molecule has 0 radical (unpaired) electrons. The van der Waals surface area contributed by atoms with Gasteiger partial charge in [-0.15, -0.1) is 10.2 Å². The van der Waals surface area contributed by atoms with Gasteiger partial charge in [-0.3, -0.25) is 9.59 Å². The van der Waals surface area contributed by atoms with Crippen LogP contribution in [-0.4, -0.2) is 47.2 Å². The second-order valence-corrected chi connectivity index (χ2v) is 14.0. The number of azo groups is 2. The Kier molecular flexibility index (Phi) is 12.4. The fourth-order valence-electron chi connectivity index (χ4n) is 6.77. The number of benzene rings is 7. The van der Waals surface area contributed by atoms with Crippen LogP contribution >= 0.6 is 0 Å². The maximum atomic E-state index is 13.9. The fraction of sp³-hybridized carbons (Fsp3) is 0.125. The molecular weight excluding hydrogens is 789 g/mol. The highest BCUT2D eigenvalue weighted by molar-refractivity contribution is 6.14.